The average molecular weight is 323 g/mol. The van der Waals surface area contributed by atoms with Crippen molar-refractivity contribution in [1.29, 1.82) is 0 Å². The van der Waals surface area contributed by atoms with Gasteiger partial charge in [-0.15, -0.1) is 0 Å². The minimum absolute atomic E-state index is 0.117. The first-order valence-electron chi connectivity index (χ1n) is 6.10. The van der Waals surface area contributed by atoms with Crippen molar-refractivity contribution in [3.8, 4) is 0 Å². The summed E-state index contributed by atoms with van der Waals surface area (Å²) in [5, 5.41) is 7.29. The molecular weight excluding hydrogens is 308 g/mol. The second-order valence-electron chi connectivity index (χ2n) is 4.03. The summed E-state index contributed by atoms with van der Waals surface area (Å²) in [6.07, 6.45) is 6.10. The van der Waals surface area contributed by atoms with E-state index in [-0.39, 0.29) is 5.56 Å². The van der Waals surface area contributed by atoms with Crippen molar-refractivity contribution in [3.05, 3.63) is 51.1 Å². The highest BCUT2D eigenvalue weighted by Crippen LogP contribution is 2.15. The van der Waals surface area contributed by atoms with Crippen molar-refractivity contribution >= 4 is 21.6 Å². The predicted molar refractivity (Wildman–Crippen MR) is 78.3 cm³/mol. The molecule has 0 unspecified atom stereocenters. The van der Waals surface area contributed by atoms with E-state index in [1.54, 1.807) is 12.4 Å². The fourth-order valence-corrected chi connectivity index (χ4v) is 2.15. The number of pyridine rings is 1. The molecule has 0 spiro atoms. The second-order valence-corrected chi connectivity index (χ2v) is 4.82. The molecular formula is C13H15BrN4O. The van der Waals surface area contributed by atoms with Crippen LogP contribution in [0.5, 0.6) is 0 Å². The Morgan fingerprint density at radius 3 is 2.95 bits per heavy atom. The van der Waals surface area contributed by atoms with Crippen LogP contribution >= 0.6 is 15.9 Å². The summed E-state index contributed by atoms with van der Waals surface area (Å²) in [4.78, 5) is 15.9. The molecule has 0 amide bonds. The second kappa shape index (κ2) is 6.47. The number of anilines is 1. The first kappa shape index (κ1) is 13.7. The third kappa shape index (κ3) is 3.41. The van der Waals surface area contributed by atoms with Crippen LogP contribution in [0.4, 0.5) is 5.69 Å². The van der Waals surface area contributed by atoms with Gasteiger partial charge >= 0.3 is 0 Å². The van der Waals surface area contributed by atoms with Crippen molar-refractivity contribution in [2.24, 2.45) is 0 Å². The van der Waals surface area contributed by atoms with Gasteiger partial charge in [0.15, 0.2) is 0 Å². The number of rotatable bonds is 5. The summed E-state index contributed by atoms with van der Waals surface area (Å²) in [6.45, 7) is 3.17. The van der Waals surface area contributed by atoms with Gasteiger partial charge in [0.25, 0.3) is 5.56 Å². The molecule has 0 aliphatic carbocycles. The number of nitrogens with zero attached hydrogens (tertiary/aromatic N) is 3. The Bertz CT molecular complexity index is 597. The van der Waals surface area contributed by atoms with Crippen LogP contribution in [-0.4, -0.2) is 21.3 Å². The Balaban J connectivity index is 2.01. The number of nitrogens with one attached hydrogen (secondary N) is 1. The smallest absolute Gasteiger partial charge is 0.283 e. The van der Waals surface area contributed by atoms with E-state index in [0.717, 1.165) is 24.2 Å². The van der Waals surface area contributed by atoms with Gasteiger partial charge in [0.1, 0.15) is 4.47 Å². The molecule has 0 radical (unpaired) electrons. The predicted octanol–water partition coefficient (Wildman–Crippen LogP) is 2.08. The molecule has 6 heteroatoms. The lowest BCUT2D eigenvalue weighted by Crippen LogP contribution is -2.23. The molecule has 5 nitrogen and oxygen atoms in total. The number of hydrogen-bond acceptors (Lipinski definition) is 4. The van der Waals surface area contributed by atoms with Crippen LogP contribution in [0.25, 0.3) is 0 Å². The monoisotopic (exact) mass is 322 g/mol. The maximum Gasteiger partial charge on any atom is 0.283 e. The quantitative estimate of drug-likeness (QED) is 0.915. The minimum Gasteiger partial charge on any atom is -0.382 e. The van der Waals surface area contributed by atoms with Gasteiger partial charge in [-0.05, 0) is 40.9 Å². The van der Waals surface area contributed by atoms with Crippen molar-refractivity contribution in [2.45, 2.75) is 19.9 Å². The molecule has 0 aliphatic rings. The maximum atomic E-state index is 11.9. The lowest BCUT2D eigenvalue weighted by Gasteiger charge is -2.09. The molecule has 1 N–H and O–H groups in total. The fourth-order valence-electron chi connectivity index (χ4n) is 1.70. The highest BCUT2D eigenvalue weighted by atomic mass is 79.9. The Kier molecular flexibility index (Phi) is 4.68. The summed E-state index contributed by atoms with van der Waals surface area (Å²) in [6, 6.07) is 3.94. The van der Waals surface area contributed by atoms with Crippen LogP contribution < -0.4 is 10.9 Å². The van der Waals surface area contributed by atoms with Gasteiger partial charge < -0.3 is 5.32 Å². The molecule has 19 heavy (non-hydrogen) atoms. The highest BCUT2D eigenvalue weighted by Gasteiger charge is 2.07. The van der Waals surface area contributed by atoms with E-state index in [4.69, 9.17) is 0 Å². The topological polar surface area (TPSA) is 59.8 Å². The summed E-state index contributed by atoms with van der Waals surface area (Å²) < 4.78 is 1.94. The summed E-state index contributed by atoms with van der Waals surface area (Å²) in [5.74, 6) is 0. The van der Waals surface area contributed by atoms with Gasteiger partial charge in [0.2, 0.25) is 0 Å². The molecule has 0 aliphatic heterocycles. The van der Waals surface area contributed by atoms with Gasteiger partial charge in [-0.2, -0.15) is 5.10 Å². The van der Waals surface area contributed by atoms with Gasteiger partial charge in [0.05, 0.1) is 11.9 Å². The van der Waals surface area contributed by atoms with E-state index in [9.17, 15) is 4.79 Å². The molecule has 2 aromatic rings. The van der Waals surface area contributed by atoms with Crippen molar-refractivity contribution in [3.63, 3.8) is 0 Å². The molecule has 0 bridgehead atoms. The molecule has 100 valence electrons. The molecule has 0 saturated heterocycles. The first-order chi connectivity index (χ1) is 9.22. The van der Waals surface area contributed by atoms with Crippen LogP contribution in [0, 0.1) is 0 Å². The Labute approximate surface area is 119 Å². The normalized spacial score (nSPS) is 10.4. The molecule has 2 rings (SSSR count). The lowest BCUT2D eigenvalue weighted by molar-refractivity contribution is 0.613. The molecule has 0 fully saturated rings. The third-order valence-corrected chi connectivity index (χ3v) is 3.50. The van der Waals surface area contributed by atoms with Crippen LogP contribution in [0.15, 0.2) is 40.0 Å². The van der Waals surface area contributed by atoms with E-state index in [0.29, 0.717) is 11.0 Å². The van der Waals surface area contributed by atoms with E-state index in [1.165, 1.54) is 4.68 Å². The van der Waals surface area contributed by atoms with Crippen LogP contribution in [-0.2, 0) is 13.0 Å². The zero-order chi connectivity index (χ0) is 13.7. The van der Waals surface area contributed by atoms with Gasteiger partial charge in [-0.1, -0.05) is 6.07 Å². The number of hydrogen-bond donors (Lipinski definition) is 1. The van der Waals surface area contributed by atoms with E-state index in [1.807, 2.05) is 25.3 Å². The van der Waals surface area contributed by atoms with Crippen molar-refractivity contribution in [1.82, 2.24) is 14.8 Å². The van der Waals surface area contributed by atoms with E-state index < -0.39 is 0 Å². The molecule has 0 saturated carbocycles. The van der Waals surface area contributed by atoms with E-state index in [2.05, 4.69) is 31.3 Å². The van der Waals surface area contributed by atoms with E-state index >= 15 is 0 Å². The molecule has 0 atom stereocenters. The summed E-state index contributed by atoms with van der Waals surface area (Å²) in [7, 11) is 0. The van der Waals surface area contributed by atoms with Gasteiger partial charge in [-0.25, -0.2) is 4.68 Å². The standard InChI is InChI=1S/C13H15BrN4O/c1-2-18-13(19)12(14)11(9-17-18)16-7-5-10-4-3-6-15-8-10/h3-4,6,8-9,16H,2,5,7H2,1H3. The van der Waals surface area contributed by atoms with Gasteiger partial charge in [-0.3, -0.25) is 9.78 Å². The van der Waals surface area contributed by atoms with Gasteiger partial charge in [0, 0.05) is 25.5 Å². The maximum absolute atomic E-state index is 11.9. The largest absolute Gasteiger partial charge is 0.382 e. The van der Waals surface area contributed by atoms with Crippen molar-refractivity contribution < 1.29 is 0 Å². The van der Waals surface area contributed by atoms with Crippen molar-refractivity contribution in [2.75, 3.05) is 11.9 Å². The fraction of sp³-hybridized carbons (Fsp3) is 0.308. The van der Waals surface area contributed by atoms with Crippen LogP contribution in [0.2, 0.25) is 0 Å². The van der Waals surface area contributed by atoms with Crippen LogP contribution in [0.3, 0.4) is 0 Å². The number of halogens is 1. The zero-order valence-corrected chi connectivity index (χ0v) is 12.2. The number of aromatic nitrogens is 3. The Hall–Kier alpha value is -1.69. The lowest BCUT2D eigenvalue weighted by atomic mass is 10.2. The Morgan fingerprint density at radius 2 is 2.26 bits per heavy atom. The molecule has 2 heterocycles. The van der Waals surface area contributed by atoms with Crippen LogP contribution in [0.1, 0.15) is 12.5 Å². The summed E-state index contributed by atoms with van der Waals surface area (Å²) >= 11 is 3.31. The average Bonchev–Trinajstić information content (AvgIpc) is 2.45. The number of aryl methyl sites for hydroxylation is 1. The first-order valence-corrected chi connectivity index (χ1v) is 6.90. The Morgan fingerprint density at radius 1 is 1.42 bits per heavy atom. The zero-order valence-electron chi connectivity index (χ0n) is 10.6. The minimum atomic E-state index is -0.117. The SMILES string of the molecule is CCn1ncc(NCCc2cccnc2)c(Br)c1=O. The third-order valence-electron chi connectivity index (χ3n) is 2.74. The highest BCUT2D eigenvalue weighted by molar-refractivity contribution is 9.10. The summed E-state index contributed by atoms with van der Waals surface area (Å²) in [5.41, 5.74) is 1.76. The molecule has 2 aromatic heterocycles. The molecule has 0 aromatic carbocycles.